The van der Waals surface area contributed by atoms with Crippen molar-refractivity contribution in [1.29, 1.82) is 0 Å². The number of pyridine rings is 1. The Bertz CT molecular complexity index is 625. The van der Waals surface area contributed by atoms with Crippen LogP contribution in [0.25, 0.3) is 0 Å². The first-order valence-corrected chi connectivity index (χ1v) is 7.49. The van der Waals surface area contributed by atoms with E-state index in [-0.39, 0.29) is 11.9 Å². The molecule has 1 aliphatic heterocycles. The Kier molecular flexibility index (Phi) is 4.65. The first kappa shape index (κ1) is 14.5. The molecular weight excluding hydrogens is 278 g/mol. The fraction of sp³-hybridized carbons (Fsp3) is 0.294. The highest BCUT2D eigenvalue weighted by atomic mass is 16.5. The van der Waals surface area contributed by atoms with Crippen LogP contribution in [0.15, 0.2) is 48.5 Å². The van der Waals surface area contributed by atoms with E-state index < -0.39 is 0 Å². The molecule has 2 aromatic rings. The van der Waals surface area contributed by atoms with Gasteiger partial charge in [0.05, 0.1) is 6.04 Å². The lowest BCUT2D eigenvalue weighted by atomic mass is 10.2. The Balaban J connectivity index is 1.58. The molecule has 2 heterocycles. The summed E-state index contributed by atoms with van der Waals surface area (Å²) in [5.41, 5.74) is 1.08. The third-order valence-electron chi connectivity index (χ3n) is 3.58. The van der Waals surface area contributed by atoms with Gasteiger partial charge in [0, 0.05) is 6.07 Å². The van der Waals surface area contributed by atoms with Gasteiger partial charge >= 0.3 is 0 Å². The van der Waals surface area contributed by atoms with E-state index in [9.17, 15) is 4.79 Å². The number of nitrogens with zero attached hydrogens (tertiary/aromatic N) is 1. The summed E-state index contributed by atoms with van der Waals surface area (Å²) >= 11 is 0. The molecule has 0 bridgehead atoms. The molecule has 1 fully saturated rings. The maximum atomic E-state index is 12.1. The van der Waals surface area contributed by atoms with E-state index in [1.807, 2.05) is 36.4 Å². The van der Waals surface area contributed by atoms with Crippen LogP contribution in [0.4, 0.5) is 5.82 Å². The molecule has 2 N–H and O–H groups in total. The normalized spacial score (nSPS) is 17.2. The van der Waals surface area contributed by atoms with Gasteiger partial charge < -0.3 is 15.4 Å². The molecule has 0 spiro atoms. The van der Waals surface area contributed by atoms with E-state index in [0.29, 0.717) is 18.3 Å². The predicted octanol–water partition coefficient (Wildman–Crippen LogP) is 2.35. The summed E-state index contributed by atoms with van der Waals surface area (Å²) in [6.45, 7) is 1.35. The van der Waals surface area contributed by atoms with E-state index >= 15 is 0 Å². The molecule has 5 nitrogen and oxygen atoms in total. The summed E-state index contributed by atoms with van der Waals surface area (Å²) in [5, 5.41) is 6.00. The second-order valence-electron chi connectivity index (χ2n) is 5.27. The quantitative estimate of drug-likeness (QED) is 0.889. The minimum absolute atomic E-state index is 0.0368. The van der Waals surface area contributed by atoms with Crippen LogP contribution in [0, 0.1) is 0 Å². The second-order valence-corrected chi connectivity index (χ2v) is 5.27. The number of benzene rings is 1. The van der Waals surface area contributed by atoms with Crippen molar-refractivity contribution in [3.05, 3.63) is 54.1 Å². The van der Waals surface area contributed by atoms with Crippen molar-refractivity contribution in [3.8, 4) is 5.88 Å². The van der Waals surface area contributed by atoms with Crippen LogP contribution in [-0.2, 0) is 11.4 Å². The van der Waals surface area contributed by atoms with Gasteiger partial charge in [-0.1, -0.05) is 36.4 Å². The molecule has 1 aliphatic rings. The average molecular weight is 297 g/mol. The molecule has 1 saturated heterocycles. The van der Waals surface area contributed by atoms with Gasteiger partial charge in [-0.15, -0.1) is 0 Å². The van der Waals surface area contributed by atoms with Crippen LogP contribution < -0.4 is 15.4 Å². The summed E-state index contributed by atoms with van der Waals surface area (Å²) in [6.07, 6.45) is 1.90. The number of amides is 1. The van der Waals surface area contributed by atoms with E-state index in [1.54, 1.807) is 12.1 Å². The van der Waals surface area contributed by atoms with Crippen molar-refractivity contribution in [3.63, 3.8) is 0 Å². The van der Waals surface area contributed by atoms with Crippen molar-refractivity contribution >= 4 is 11.7 Å². The molecule has 3 rings (SSSR count). The van der Waals surface area contributed by atoms with Crippen LogP contribution in [0.2, 0.25) is 0 Å². The molecule has 114 valence electrons. The van der Waals surface area contributed by atoms with Crippen LogP contribution in [-0.4, -0.2) is 23.5 Å². The largest absolute Gasteiger partial charge is 0.473 e. The number of carbonyl (C=O) groups is 1. The first-order chi connectivity index (χ1) is 10.8. The van der Waals surface area contributed by atoms with Crippen LogP contribution in [0.5, 0.6) is 5.88 Å². The summed E-state index contributed by atoms with van der Waals surface area (Å²) in [7, 11) is 0. The molecule has 0 radical (unpaired) electrons. The number of hydrogen-bond acceptors (Lipinski definition) is 4. The molecule has 22 heavy (non-hydrogen) atoms. The van der Waals surface area contributed by atoms with Crippen LogP contribution in [0.1, 0.15) is 18.4 Å². The highest BCUT2D eigenvalue weighted by molar-refractivity contribution is 5.94. The number of aromatic nitrogens is 1. The Labute approximate surface area is 129 Å². The summed E-state index contributed by atoms with van der Waals surface area (Å²) in [6, 6.07) is 15.2. The lowest BCUT2D eigenvalue weighted by molar-refractivity contribution is -0.117. The SMILES string of the molecule is O=C(Nc1cccc(OCc2ccccc2)n1)C1CCCN1. The number of anilines is 1. The molecule has 1 amide bonds. The van der Waals surface area contributed by atoms with Gasteiger partial charge in [-0.05, 0) is 31.0 Å². The first-order valence-electron chi connectivity index (χ1n) is 7.49. The summed E-state index contributed by atoms with van der Waals surface area (Å²) in [4.78, 5) is 16.4. The maximum Gasteiger partial charge on any atom is 0.242 e. The van der Waals surface area contributed by atoms with Crippen LogP contribution in [0.3, 0.4) is 0 Å². The van der Waals surface area contributed by atoms with Gasteiger partial charge in [-0.2, -0.15) is 4.98 Å². The third-order valence-corrected chi connectivity index (χ3v) is 3.58. The summed E-state index contributed by atoms with van der Waals surface area (Å²) < 4.78 is 5.66. The summed E-state index contributed by atoms with van der Waals surface area (Å²) in [5.74, 6) is 0.982. The van der Waals surface area contributed by atoms with Gasteiger partial charge in [0.15, 0.2) is 0 Å². The van der Waals surface area contributed by atoms with Crippen molar-refractivity contribution < 1.29 is 9.53 Å². The Morgan fingerprint density at radius 3 is 2.86 bits per heavy atom. The molecular formula is C17H19N3O2. The number of carbonyl (C=O) groups excluding carboxylic acids is 1. The number of rotatable bonds is 5. The topological polar surface area (TPSA) is 63.2 Å². The smallest absolute Gasteiger partial charge is 0.242 e. The monoisotopic (exact) mass is 297 g/mol. The minimum Gasteiger partial charge on any atom is -0.473 e. The Morgan fingerprint density at radius 1 is 1.23 bits per heavy atom. The number of nitrogens with one attached hydrogen (secondary N) is 2. The fourth-order valence-electron chi connectivity index (χ4n) is 2.42. The van der Waals surface area contributed by atoms with Gasteiger partial charge in [-0.25, -0.2) is 0 Å². The van der Waals surface area contributed by atoms with E-state index in [2.05, 4.69) is 15.6 Å². The van der Waals surface area contributed by atoms with Crippen molar-refractivity contribution in [2.45, 2.75) is 25.5 Å². The zero-order chi connectivity index (χ0) is 15.2. The van der Waals surface area contributed by atoms with Gasteiger partial charge in [-0.3, -0.25) is 4.79 Å². The average Bonchev–Trinajstić information content (AvgIpc) is 3.09. The van der Waals surface area contributed by atoms with E-state index in [0.717, 1.165) is 24.9 Å². The van der Waals surface area contributed by atoms with Gasteiger partial charge in [0.25, 0.3) is 0 Å². The number of ether oxygens (including phenoxy) is 1. The molecule has 5 heteroatoms. The third kappa shape index (κ3) is 3.83. The molecule has 1 aromatic heterocycles. The lowest BCUT2D eigenvalue weighted by Gasteiger charge is -2.11. The highest BCUT2D eigenvalue weighted by Crippen LogP contribution is 2.14. The molecule has 0 aliphatic carbocycles. The standard InChI is InChI=1S/C17H19N3O2/c21-17(14-8-5-11-18-14)20-15-9-4-10-16(19-15)22-12-13-6-2-1-3-7-13/h1-4,6-7,9-10,14,18H,5,8,11-12H2,(H,19,20,21). The molecule has 1 aromatic carbocycles. The molecule has 1 unspecified atom stereocenters. The van der Waals surface area contributed by atoms with Crippen molar-refractivity contribution in [1.82, 2.24) is 10.3 Å². The second kappa shape index (κ2) is 7.04. The van der Waals surface area contributed by atoms with Crippen molar-refractivity contribution in [2.75, 3.05) is 11.9 Å². The van der Waals surface area contributed by atoms with Gasteiger partial charge in [0.2, 0.25) is 11.8 Å². The minimum atomic E-state index is -0.115. The zero-order valence-corrected chi connectivity index (χ0v) is 12.3. The molecule has 1 atom stereocenters. The maximum absolute atomic E-state index is 12.1. The Morgan fingerprint density at radius 2 is 2.09 bits per heavy atom. The zero-order valence-electron chi connectivity index (χ0n) is 12.3. The Hall–Kier alpha value is -2.40. The fourth-order valence-corrected chi connectivity index (χ4v) is 2.42. The van der Waals surface area contributed by atoms with E-state index in [1.165, 1.54) is 0 Å². The van der Waals surface area contributed by atoms with Crippen molar-refractivity contribution in [2.24, 2.45) is 0 Å². The lowest BCUT2D eigenvalue weighted by Crippen LogP contribution is -2.35. The van der Waals surface area contributed by atoms with Gasteiger partial charge in [0.1, 0.15) is 12.4 Å². The van der Waals surface area contributed by atoms with E-state index in [4.69, 9.17) is 4.74 Å². The predicted molar refractivity (Wildman–Crippen MR) is 84.7 cm³/mol. The van der Waals surface area contributed by atoms with Crippen LogP contribution >= 0.6 is 0 Å². The molecule has 0 saturated carbocycles. The number of hydrogen-bond donors (Lipinski definition) is 2. The highest BCUT2D eigenvalue weighted by Gasteiger charge is 2.22.